The highest BCUT2D eigenvalue weighted by molar-refractivity contribution is 6.16. The van der Waals surface area contributed by atoms with E-state index in [1.54, 1.807) is 0 Å². The number of nitrogens with zero attached hydrogens (tertiary/aromatic N) is 7. The summed E-state index contributed by atoms with van der Waals surface area (Å²) in [5.74, 6) is 2.20. The lowest BCUT2D eigenvalue weighted by Crippen LogP contribution is -2.16. The zero-order valence-corrected chi connectivity index (χ0v) is 48.0. The van der Waals surface area contributed by atoms with Crippen LogP contribution in [0.3, 0.4) is 0 Å². The minimum Gasteiger partial charge on any atom is -0.305 e. The lowest BCUT2D eigenvalue weighted by Gasteiger charge is -2.27. The van der Waals surface area contributed by atoms with E-state index in [0.29, 0.717) is 5.82 Å². The molecular weight excluding hydrogens is 1050 g/mol. The summed E-state index contributed by atoms with van der Waals surface area (Å²) in [4.78, 5) is 17.6. The first kappa shape index (κ1) is 49.5. The third kappa shape index (κ3) is 7.51. The summed E-state index contributed by atoms with van der Waals surface area (Å²) in [5, 5.41) is 9.25. The molecule has 0 radical (unpaired) electrons. The molecule has 6 aromatic heterocycles. The van der Waals surface area contributed by atoms with Crippen LogP contribution in [0.25, 0.3) is 155 Å². The molecule has 0 spiro atoms. The summed E-state index contributed by atoms with van der Waals surface area (Å²) >= 11 is 0. The molecule has 86 heavy (non-hydrogen) atoms. The number of rotatable bonds is 8. The summed E-state index contributed by atoms with van der Waals surface area (Å²) < 4.78 is 9.95. The summed E-state index contributed by atoms with van der Waals surface area (Å²) in [6.45, 7) is 8.76. The van der Waals surface area contributed by atoms with Gasteiger partial charge in [0.2, 0.25) is 0 Å². The zero-order chi connectivity index (χ0) is 57.3. The number of fused-ring (bicyclic) bond motifs is 12. The molecule has 11 aromatic carbocycles. The molecule has 17 aromatic rings. The van der Waals surface area contributed by atoms with Gasteiger partial charge in [0, 0.05) is 65.3 Å². The number of benzene rings is 11. The maximum absolute atomic E-state index is 6.53. The van der Waals surface area contributed by atoms with E-state index in [4.69, 9.17) is 15.0 Å². The molecule has 0 unspecified atom stereocenters. The average molecular weight is 1100 g/mol. The minimum atomic E-state index is 0.644. The normalized spacial score (nSPS) is 12.0. The van der Waals surface area contributed by atoms with Crippen molar-refractivity contribution in [1.29, 1.82) is 0 Å². The molecular formula is C79H55N7. The third-order valence-electron chi connectivity index (χ3n) is 17.6. The first-order chi connectivity index (χ1) is 42.3. The van der Waals surface area contributed by atoms with Crippen LogP contribution >= 0.6 is 0 Å². The summed E-state index contributed by atoms with van der Waals surface area (Å²) in [7, 11) is 0. The number of aromatic nitrogens is 7. The van der Waals surface area contributed by atoms with E-state index in [1.807, 2.05) is 6.07 Å². The fraction of sp³-hybridized carbons (Fsp3) is 0.0506. The molecule has 0 N–H and O–H groups in total. The number of pyridine rings is 1. The highest BCUT2D eigenvalue weighted by Crippen LogP contribution is 2.51. The van der Waals surface area contributed by atoms with Crippen molar-refractivity contribution in [2.75, 3.05) is 0 Å². The lowest BCUT2D eigenvalue weighted by molar-refractivity contribution is 0.961. The van der Waals surface area contributed by atoms with Crippen molar-refractivity contribution in [3.05, 3.63) is 283 Å². The molecule has 0 saturated heterocycles. The van der Waals surface area contributed by atoms with Gasteiger partial charge in [-0.1, -0.05) is 204 Å². The van der Waals surface area contributed by atoms with Crippen LogP contribution in [0.15, 0.2) is 261 Å². The third-order valence-corrected chi connectivity index (χ3v) is 17.6. The van der Waals surface area contributed by atoms with Gasteiger partial charge in [0.05, 0.1) is 55.5 Å². The fourth-order valence-corrected chi connectivity index (χ4v) is 13.8. The van der Waals surface area contributed by atoms with E-state index < -0.39 is 0 Å². The van der Waals surface area contributed by atoms with Gasteiger partial charge in [0.15, 0.2) is 17.5 Å². The Bertz CT molecular complexity index is 5320. The Morgan fingerprint density at radius 2 is 0.570 bits per heavy atom. The average Bonchev–Trinajstić information content (AvgIpc) is 1.68. The van der Waals surface area contributed by atoms with Crippen molar-refractivity contribution in [3.63, 3.8) is 0 Å². The molecule has 7 heteroatoms. The maximum Gasteiger partial charge on any atom is 0.165 e. The maximum atomic E-state index is 6.53. The van der Waals surface area contributed by atoms with E-state index >= 15 is 0 Å². The van der Waals surface area contributed by atoms with E-state index in [0.717, 1.165) is 149 Å². The van der Waals surface area contributed by atoms with Crippen LogP contribution in [0, 0.1) is 27.7 Å². The smallest absolute Gasteiger partial charge is 0.165 e. The molecule has 7 nitrogen and oxygen atoms in total. The van der Waals surface area contributed by atoms with E-state index in [2.05, 4.69) is 301 Å². The van der Waals surface area contributed by atoms with Crippen LogP contribution in [-0.2, 0) is 0 Å². The quantitative estimate of drug-likeness (QED) is 0.152. The van der Waals surface area contributed by atoms with Gasteiger partial charge >= 0.3 is 0 Å². The predicted molar refractivity (Wildman–Crippen MR) is 358 cm³/mol. The van der Waals surface area contributed by atoms with Crippen molar-refractivity contribution in [2.24, 2.45) is 0 Å². The lowest BCUT2D eigenvalue weighted by atomic mass is 9.93. The van der Waals surface area contributed by atoms with Crippen LogP contribution < -0.4 is 0 Å². The molecule has 0 aliphatic rings. The van der Waals surface area contributed by atoms with Crippen molar-refractivity contribution in [3.8, 4) is 68.0 Å². The second-order valence-corrected chi connectivity index (χ2v) is 23.1. The molecule has 0 aliphatic heterocycles. The predicted octanol–water partition coefficient (Wildman–Crippen LogP) is 20.2. The summed E-state index contributed by atoms with van der Waals surface area (Å²) in [6, 6.07) is 95.1. The Morgan fingerprint density at radius 1 is 0.244 bits per heavy atom. The Labute approximate surface area is 496 Å². The van der Waals surface area contributed by atoms with Gasteiger partial charge in [0.25, 0.3) is 0 Å². The van der Waals surface area contributed by atoms with E-state index in [-0.39, 0.29) is 0 Å². The Morgan fingerprint density at radius 3 is 1.00 bits per heavy atom. The topological polar surface area (TPSA) is 58.4 Å². The van der Waals surface area contributed by atoms with Crippen molar-refractivity contribution < 1.29 is 0 Å². The largest absolute Gasteiger partial charge is 0.305 e. The van der Waals surface area contributed by atoms with E-state index in [9.17, 15) is 0 Å². The molecule has 0 aliphatic carbocycles. The minimum absolute atomic E-state index is 0.644. The van der Waals surface area contributed by atoms with E-state index in [1.165, 1.54) is 22.3 Å². The van der Waals surface area contributed by atoms with Gasteiger partial charge in [-0.2, -0.15) is 0 Å². The highest BCUT2D eigenvalue weighted by Gasteiger charge is 2.34. The molecule has 0 saturated carbocycles. The van der Waals surface area contributed by atoms with Gasteiger partial charge in [0.1, 0.15) is 11.4 Å². The van der Waals surface area contributed by atoms with Crippen LogP contribution in [0.4, 0.5) is 0 Å². The van der Waals surface area contributed by atoms with Gasteiger partial charge in [-0.3, -0.25) is 9.13 Å². The first-order valence-corrected chi connectivity index (χ1v) is 29.5. The number of para-hydroxylation sites is 4. The van der Waals surface area contributed by atoms with Crippen molar-refractivity contribution in [1.82, 2.24) is 33.2 Å². The molecule has 0 amide bonds. The van der Waals surface area contributed by atoms with Gasteiger partial charge < -0.3 is 9.13 Å². The van der Waals surface area contributed by atoms with Crippen molar-refractivity contribution in [2.45, 2.75) is 27.7 Å². The highest BCUT2D eigenvalue weighted by atomic mass is 15.2. The van der Waals surface area contributed by atoms with Gasteiger partial charge in [-0.05, 0) is 112 Å². The zero-order valence-electron chi connectivity index (χ0n) is 48.0. The van der Waals surface area contributed by atoms with Crippen LogP contribution in [0.5, 0.6) is 0 Å². The van der Waals surface area contributed by atoms with Crippen LogP contribution in [0.1, 0.15) is 22.3 Å². The first-order valence-electron chi connectivity index (χ1n) is 29.5. The monoisotopic (exact) mass is 1100 g/mol. The number of hydrogen-bond donors (Lipinski definition) is 0. The molecule has 0 fully saturated rings. The van der Waals surface area contributed by atoms with Crippen LogP contribution in [-0.4, -0.2) is 33.2 Å². The fourth-order valence-electron chi connectivity index (χ4n) is 13.8. The van der Waals surface area contributed by atoms with Gasteiger partial charge in [-0.15, -0.1) is 0 Å². The number of hydrogen-bond acceptors (Lipinski definition) is 3. The molecule has 17 rings (SSSR count). The molecule has 0 atom stereocenters. The Kier molecular flexibility index (Phi) is 11.0. The van der Waals surface area contributed by atoms with Gasteiger partial charge in [-0.25, -0.2) is 15.0 Å². The molecule has 406 valence electrons. The molecule has 0 bridgehead atoms. The number of aryl methyl sites for hydroxylation is 4. The Hall–Kier alpha value is -11.2. The summed E-state index contributed by atoms with van der Waals surface area (Å²) in [5.41, 5.74) is 21.5. The SMILES string of the molecule is Cc1ccc2c(c1)c1ccccc1n2-c1nc(-n2c3ccccc3c3cc(C)ccc32)c(-n2c3ccccc3c3cc(C)ccc32)c(-c2ccccc2-c2cc(-c3ccccc3)nc(-c3ccccc3)n2)c1-n1c2ccccc2c2cc(C)ccc21. The standard InChI is InChI=1S/C79H55N7/c1-48-35-39-70-60(43-48)55-26-13-17-31-66(55)83(70)75-74(59-30-12-11-25-54(59)65-47-64(52-21-7-5-8-22-52)80-77(81-65)53-23-9-6-10-24-53)76(84-67-32-18-14-27-56(67)61-44-49(2)36-40-71(61)84)79(86-69-34-20-16-29-58(69)63-46-51(4)38-42-73(63)86)82-78(75)85-68-33-19-15-28-57(68)62-45-50(3)37-41-72(62)85/h5-47H,1-4H3. The van der Waals surface area contributed by atoms with Crippen LogP contribution in [0.2, 0.25) is 0 Å². The Balaban J connectivity index is 1.18. The second kappa shape index (κ2) is 19.2. The second-order valence-electron chi connectivity index (χ2n) is 23.1. The summed E-state index contributed by atoms with van der Waals surface area (Å²) in [6.07, 6.45) is 0. The molecule has 6 heterocycles. The van der Waals surface area contributed by atoms with Crippen molar-refractivity contribution >= 4 is 87.2 Å².